The monoisotopic (exact) mass is 136 g/mol. The molecule has 0 aromatic heterocycles. The Labute approximate surface area is 50.9 Å². The molecule has 2 nitrogen and oxygen atoms in total. The summed E-state index contributed by atoms with van der Waals surface area (Å²) in [7, 11) is 0. The van der Waals surface area contributed by atoms with E-state index in [-0.39, 0.29) is 0 Å². The molecule has 0 unspecified atom stereocenters. The Balaban J connectivity index is 4.38. The third kappa shape index (κ3) is 1.55. The van der Waals surface area contributed by atoms with Crippen LogP contribution < -0.4 is 0 Å². The van der Waals surface area contributed by atoms with Crippen LogP contribution in [0.3, 0.4) is 0 Å². The predicted molar refractivity (Wildman–Crippen MR) is 26.3 cm³/mol. The molecule has 0 aromatic carbocycles. The molecule has 0 aliphatic rings. The van der Waals surface area contributed by atoms with Crippen LogP contribution in [0.4, 0.5) is 8.78 Å². The lowest BCUT2D eigenvalue weighted by atomic mass is 10.2. The van der Waals surface area contributed by atoms with Gasteiger partial charge in [-0.05, 0) is 0 Å². The van der Waals surface area contributed by atoms with Gasteiger partial charge in [-0.3, -0.25) is 9.59 Å². The van der Waals surface area contributed by atoms with Gasteiger partial charge in [0.25, 0.3) is 0 Å². The van der Waals surface area contributed by atoms with E-state index in [2.05, 4.69) is 0 Å². The second-order valence-electron chi connectivity index (χ2n) is 1.69. The molecule has 0 atom stereocenters. The summed E-state index contributed by atoms with van der Waals surface area (Å²) in [5, 5.41) is 0. The molecule has 0 fully saturated rings. The molecule has 0 saturated heterocycles. The van der Waals surface area contributed by atoms with Gasteiger partial charge >= 0.3 is 5.92 Å². The maximum Gasteiger partial charge on any atom is 0.361 e. The number of Topliss-reactive ketones (excluding diaryl/α,β-unsaturated/α-hetero) is 2. The molecule has 0 saturated carbocycles. The van der Waals surface area contributed by atoms with Gasteiger partial charge in [-0.1, -0.05) is 0 Å². The highest BCUT2D eigenvalue weighted by molar-refractivity contribution is 6.06. The van der Waals surface area contributed by atoms with Crippen molar-refractivity contribution in [3.63, 3.8) is 0 Å². The zero-order valence-corrected chi connectivity index (χ0v) is 5.07. The highest BCUT2D eigenvalue weighted by Crippen LogP contribution is 2.14. The molecule has 4 heteroatoms. The van der Waals surface area contributed by atoms with Crippen molar-refractivity contribution in [2.75, 3.05) is 0 Å². The third-order valence-corrected chi connectivity index (χ3v) is 0.884. The summed E-state index contributed by atoms with van der Waals surface area (Å²) in [4.78, 5) is 19.9. The molecule has 0 N–H and O–H groups in total. The van der Waals surface area contributed by atoms with Crippen LogP contribution in [0, 0.1) is 0 Å². The van der Waals surface area contributed by atoms with Gasteiger partial charge in [-0.25, -0.2) is 0 Å². The van der Waals surface area contributed by atoms with Crippen LogP contribution >= 0.6 is 0 Å². The van der Waals surface area contributed by atoms with E-state index in [0.717, 1.165) is 0 Å². The highest BCUT2D eigenvalue weighted by atomic mass is 19.3. The summed E-state index contributed by atoms with van der Waals surface area (Å²) in [6.45, 7) is 1.36. The molecule has 0 radical (unpaired) electrons. The molecule has 52 valence electrons. The zero-order valence-electron chi connectivity index (χ0n) is 5.07. The third-order valence-electron chi connectivity index (χ3n) is 0.884. The van der Waals surface area contributed by atoms with Crippen LogP contribution in [0.2, 0.25) is 0 Å². The Morgan fingerprint density at radius 3 is 1.33 bits per heavy atom. The van der Waals surface area contributed by atoms with E-state index >= 15 is 0 Å². The quantitative estimate of drug-likeness (QED) is 0.526. The standard InChI is InChI=1S/C5H6F2O2/c1-3(8)5(6,7)4(2)9/h1-2H3. The minimum Gasteiger partial charge on any atom is -0.293 e. The molecule has 0 rings (SSSR count). The Morgan fingerprint density at radius 2 is 1.33 bits per heavy atom. The summed E-state index contributed by atoms with van der Waals surface area (Å²) < 4.78 is 23.9. The molecule has 0 amide bonds. The van der Waals surface area contributed by atoms with E-state index < -0.39 is 17.5 Å². The molecule has 0 spiro atoms. The van der Waals surface area contributed by atoms with Gasteiger partial charge in [-0.2, -0.15) is 8.78 Å². The second kappa shape index (κ2) is 2.21. The lowest BCUT2D eigenvalue weighted by Gasteiger charge is -2.05. The first kappa shape index (κ1) is 8.20. The number of rotatable bonds is 2. The van der Waals surface area contributed by atoms with Crippen LogP contribution in [0.1, 0.15) is 13.8 Å². The van der Waals surface area contributed by atoms with Crippen molar-refractivity contribution in [3.05, 3.63) is 0 Å². The molecule has 0 aromatic rings. The molecule has 0 aliphatic carbocycles. The fourth-order valence-corrected chi connectivity index (χ4v) is 0.248. The van der Waals surface area contributed by atoms with Crippen LogP contribution in [0.25, 0.3) is 0 Å². The van der Waals surface area contributed by atoms with Gasteiger partial charge < -0.3 is 0 Å². The normalized spacial score (nSPS) is 11.1. The summed E-state index contributed by atoms with van der Waals surface area (Å²) in [6.07, 6.45) is 0. The van der Waals surface area contributed by atoms with Crippen molar-refractivity contribution in [2.24, 2.45) is 0 Å². The maximum atomic E-state index is 12.0. The van der Waals surface area contributed by atoms with Crippen molar-refractivity contribution in [1.29, 1.82) is 0 Å². The first-order valence-electron chi connectivity index (χ1n) is 2.29. The van der Waals surface area contributed by atoms with Gasteiger partial charge in [0.05, 0.1) is 0 Å². The number of hydrogen-bond donors (Lipinski definition) is 0. The number of ketones is 2. The number of alkyl halides is 2. The average molecular weight is 136 g/mol. The minimum absolute atomic E-state index is 0.682. The smallest absolute Gasteiger partial charge is 0.293 e. The average Bonchev–Trinajstić information content (AvgIpc) is 1.65. The Kier molecular flexibility index (Phi) is 2.01. The van der Waals surface area contributed by atoms with E-state index in [0.29, 0.717) is 13.8 Å². The van der Waals surface area contributed by atoms with Crippen molar-refractivity contribution < 1.29 is 18.4 Å². The van der Waals surface area contributed by atoms with Crippen LogP contribution in [-0.2, 0) is 9.59 Å². The highest BCUT2D eigenvalue weighted by Gasteiger charge is 2.40. The number of carbonyl (C=O) groups is 2. The number of halogens is 2. The van der Waals surface area contributed by atoms with E-state index in [1.807, 2.05) is 0 Å². The number of carbonyl (C=O) groups excluding carboxylic acids is 2. The minimum atomic E-state index is -3.78. The van der Waals surface area contributed by atoms with Gasteiger partial charge in [0, 0.05) is 13.8 Å². The Hall–Kier alpha value is -0.800. The van der Waals surface area contributed by atoms with E-state index in [4.69, 9.17) is 0 Å². The van der Waals surface area contributed by atoms with Gasteiger partial charge in [0.15, 0.2) is 0 Å². The first-order chi connectivity index (χ1) is 3.89. The predicted octanol–water partition coefficient (Wildman–Crippen LogP) is 0.800. The SMILES string of the molecule is CC(=O)C(F)(F)C(C)=O. The maximum absolute atomic E-state index is 12.0. The van der Waals surface area contributed by atoms with Gasteiger partial charge in [0.2, 0.25) is 11.6 Å². The topological polar surface area (TPSA) is 34.1 Å². The summed E-state index contributed by atoms with van der Waals surface area (Å²) >= 11 is 0. The van der Waals surface area contributed by atoms with Gasteiger partial charge in [0.1, 0.15) is 0 Å². The molecule has 9 heavy (non-hydrogen) atoms. The second-order valence-corrected chi connectivity index (χ2v) is 1.69. The Bertz CT molecular complexity index is 135. The Morgan fingerprint density at radius 1 is 1.11 bits per heavy atom. The van der Waals surface area contributed by atoms with Crippen molar-refractivity contribution in [1.82, 2.24) is 0 Å². The van der Waals surface area contributed by atoms with Crippen molar-refractivity contribution >= 4 is 11.6 Å². The lowest BCUT2D eigenvalue weighted by molar-refractivity contribution is -0.153. The summed E-state index contributed by atoms with van der Waals surface area (Å²) in [5.41, 5.74) is 0. The van der Waals surface area contributed by atoms with Crippen molar-refractivity contribution in [2.45, 2.75) is 19.8 Å². The zero-order chi connectivity index (χ0) is 7.65. The molecule has 0 bridgehead atoms. The summed E-state index contributed by atoms with van der Waals surface area (Å²) in [5.74, 6) is -6.59. The first-order valence-corrected chi connectivity index (χ1v) is 2.29. The molecule has 0 heterocycles. The van der Waals surface area contributed by atoms with Crippen LogP contribution in [0.5, 0.6) is 0 Å². The largest absolute Gasteiger partial charge is 0.361 e. The lowest BCUT2D eigenvalue weighted by Crippen LogP contribution is -2.33. The molecular weight excluding hydrogens is 130 g/mol. The van der Waals surface area contributed by atoms with Crippen LogP contribution in [-0.4, -0.2) is 17.5 Å². The van der Waals surface area contributed by atoms with E-state index in [1.165, 1.54) is 0 Å². The fourth-order valence-electron chi connectivity index (χ4n) is 0.248. The molecular formula is C5H6F2O2. The number of hydrogen-bond acceptors (Lipinski definition) is 2. The fraction of sp³-hybridized carbons (Fsp3) is 0.600. The van der Waals surface area contributed by atoms with Crippen molar-refractivity contribution in [3.8, 4) is 0 Å². The molecule has 0 aliphatic heterocycles. The van der Waals surface area contributed by atoms with Crippen LogP contribution in [0.15, 0.2) is 0 Å². The van der Waals surface area contributed by atoms with E-state index in [9.17, 15) is 18.4 Å². The van der Waals surface area contributed by atoms with E-state index in [1.54, 1.807) is 0 Å². The summed E-state index contributed by atoms with van der Waals surface area (Å²) in [6, 6.07) is 0. The van der Waals surface area contributed by atoms with Gasteiger partial charge in [-0.15, -0.1) is 0 Å².